The maximum absolute atomic E-state index is 3.46. The maximum atomic E-state index is 3.46. The smallest absolute Gasteiger partial charge is 0.0351 e. The van der Waals surface area contributed by atoms with Gasteiger partial charge in [-0.15, -0.1) is 24.8 Å². The van der Waals surface area contributed by atoms with Crippen LogP contribution >= 0.6 is 24.8 Å². The van der Waals surface area contributed by atoms with Gasteiger partial charge < -0.3 is 5.32 Å². The first-order valence-corrected chi connectivity index (χ1v) is 8.43. The summed E-state index contributed by atoms with van der Waals surface area (Å²) in [5.74, 6) is 0.729. The summed E-state index contributed by atoms with van der Waals surface area (Å²) >= 11 is 0. The monoisotopic (exact) mass is 360 g/mol. The normalized spacial score (nSPS) is 17.3. The zero-order chi connectivity index (χ0) is 15.5. The summed E-state index contributed by atoms with van der Waals surface area (Å²) in [4.78, 5) is 2.66. The molecule has 23 heavy (non-hydrogen) atoms. The molecule has 1 heterocycles. The first kappa shape index (κ1) is 22.7. The van der Waals surface area contributed by atoms with Gasteiger partial charge in [0.15, 0.2) is 0 Å². The minimum atomic E-state index is 0. The zero-order valence-electron chi connectivity index (χ0n) is 15.3. The number of halogens is 2. The van der Waals surface area contributed by atoms with Gasteiger partial charge in [-0.1, -0.05) is 58.9 Å². The van der Waals surface area contributed by atoms with E-state index in [1.165, 1.54) is 30.6 Å². The summed E-state index contributed by atoms with van der Waals surface area (Å²) < 4.78 is 0. The quantitative estimate of drug-likeness (QED) is 0.827. The molecule has 2 rings (SSSR count). The van der Waals surface area contributed by atoms with E-state index in [4.69, 9.17) is 0 Å². The molecule has 1 aliphatic rings. The molecule has 134 valence electrons. The molecule has 1 aliphatic heterocycles. The van der Waals surface area contributed by atoms with Gasteiger partial charge in [-0.2, -0.15) is 0 Å². The van der Waals surface area contributed by atoms with E-state index in [-0.39, 0.29) is 30.2 Å². The molecule has 0 spiro atoms. The number of rotatable bonds is 4. The molecular formula is C19H34Cl2N2. The molecule has 0 aromatic heterocycles. The van der Waals surface area contributed by atoms with Crippen LogP contribution in [0.5, 0.6) is 0 Å². The zero-order valence-corrected chi connectivity index (χ0v) is 16.9. The topological polar surface area (TPSA) is 15.3 Å². The molecule has 1 fully saturated rings. The minimum absolute atomic E-state index is 0. The molecule has 1 aromatic carbocycles. The summed E-state index contributed by atoms with van der Waals surface area (Å²) in [6.45, 7) is 16.1. The SMILES string of the molecule is CC(C)C[C@@H](c1ccc(C(C)(C)C)cc1)N1CCNCC1.Cl.Cl. The number of hydrogen-bond donors (Lipinski definition) is 1. The van der Waals surface area contributed by atoms with Crippen LogP contribution in [0, 0.1) is 5.92 Å². The number of nitrogens with one attached hydrogen (secondary N) is 1. The number of hydrogen-bond acceptors (Lipinski definition) is 2. The van der Waals surface area contributed by atoms with Crippen molar-refractivity contribution in [2.75, 3.05) is 26.2 Å². The highest BCUT2D eigenvalue weighted by molar-refractivity contribution is 5.85. The Hall–Kier alpha value is -0.280. The lowest BCUT2D eigenvalue weighted by Gasteiger charge is -2.36. The average Bonchev–Trinajstić information content (AvgIpc) is 2.45. The van der Waals surface area contributed by atoms with Gasteiger partial charge in [0.05, 0.1) is 0 Å². The van der Waals surface area contributed by atoms with E-state index in [9.17, 15) is 0 Å². The number of piperazine rings is 1. The Morgan fingerprint density at radius 3 is 1.96 bits per heavy atom. The second kappa shape index (κ2) is 9.88. The van der Waals surface area contributed by atoms with Crippen molar-refractivity contribution in [3.63, 3.8) is 0 Å². The van der Waals surface area contributed by atoms with Crippen LogP contribution in [0.1, 0.15) is 58.2 Å². The summed E-state index contributed by atoms with van der Waals surface area (Å²) in [6, 6.07) is 9.93. The molecule has 4 heteroatoms. The predicted octanol–water partition coefficient (Wildman–Crippen LogP) is 4.82. The number of benzene rings is 1. The summed E-state index contributed by atoms with van der Waals surface area (Å²) in [5.41, 5.74) is 3.15. The van der Waals surface area contributed by atoms with Crippen LogP contribution < -0.4 is 5.32 Å². The molecule has 2 nitrogen and oxygen atoms in total. The van der Waals surface area contributed by atoms with E-state index in [0.717, 1.165) is 19.0 Å². The van der Waals surface area contributed by atoms with Crippen LogP contribution in [0.25, 0.3) is 0 Å². The van der Waals surface area contributed by atoms with Crippen molar-refractivity contribution in [1.29, 1.82) is 0 Å². The van der Waals surface area contributed by atoms with Gasteiger partial charge in [0.25, 0.3) is 0 Å². The summed E-state index contributed by atoms with van der Waals surface area (Å²) in [6.07, 6.45) is 1.24. The van der Waals surface area contributed by atoms with E-state index in [0.29, 0.717) is 6.04 Å². The Kier molecular flexibility index (Phi) is 9.76. The van der Waals surface area contributed by atoms with E-state index in [2.05, 4.69) is 69.1 Å². The molecular weight excluding hydrogens is 327 g/mol. The third-order valence-electron chi connectivity index (χ3n) is 4.45. The van der Waals surface area contributed by atoms with Crippen LogP contribution in [0.3, 0.4) is 0 Å². The maximum Gasteiger partial charge on any atom is 0.0351 e. The van der Waals surface area contributed by atoms with Gasteiger partial charge in [-0.25, -0.2) is 0 Å². The lowest BCUT2D eigenvalue weighted by Crippen LogP contribution is -2.45. The fraction of sp³-hybridized carbons (Fsp3) is 0.684. The Morgan fingerprint density at radius 1 is 1.00 bits per heavy atom. The standard InChI is InChI=1S/C19H32N2.2ClH/c1-15(2)14-18(21-12-10-20-11-13-21)16-6-8-17(9-7-16)19(3,4)5;;/h6-9,15,18,20H,10-14H2,1-5H3;2*1H/t18-;;/m0../s1. The van der Waals surface area contributed by atoms with Gasteiger partial charge in [0, 0.05) is 32.2 Å². The van der Waals surface area contributed by atoms with Crippen molar-refractivity contribution < 1.29 is 0 Å². The molecule has 1 atom stereocenters. The summed E-state index contributed by atoms with van der Waals surface area (Å²) in [5, 5.41) is 3.46. The van der Waals surface area contributed by atoms with Crippen molar-refractivity contribution in [1.82, 2.24) is 10.2 Å². The van der Waals surface area contributed by atoms with Gasteiger partial charge in [-0.3, -0.25) is 4.90 Å². The van der Waals surface area contributed by atoms with E-state index >= 15 is 0 Å². The fourth-order valence-electron chi connectivity index (χ4n) is 3.14. The Morgan fingerprint density at radius 2 is 1.52 bits per heavy atom. The molecule has 0 unspecified atom stereocenters. The summed E-state index contributed by atoms with van der Waals surface area (Å²) in [7, 11) is 0. The molecule has 0 saturated carbocycles. The lowest BCUT2D eigenvalue weighted by atomic mass is 9.85. The van der Waals surface area contributed by atoms with Crippen LogP contribution in [-0.2, 0) is 5.41 Å². The van der Waals surface area contributed by atoms with Crippen LogP contribution in [0.2, 0.25) is 0 Å². The Bertz CT molecular complexity index is 432. The molecule has 0 bridgehead atoms. The first-order chi connectivity index (χ1) is 9.88. The minimum Gasteiger partial charge on any atom is -0.314 e. The van der Waals surface area contributed by atoms with Crippen molar-refractivity contribution in [2.24, 2.45) is 5.92 Å². The first-order valence-electron chi connectivity index (χ1n) is 8.43. The van der Waals surface area contributed by atoms with E-state index < -0.39 is 0 Å². The average molecular weight is 361 g/mol. The van der Waals surface area contributed by atoms with Gasteiger partial charge >= 0.3 is 0 Å². The third kappa shape index (κ3) is 6.62. The second-order valence-corrected chi connectivity index (χ2v) is 7.80. The fourth-order valence-corrected chi connectivity index (χ4v) is 3.14. The van der Waals surface area contributed by atoms with Crippen molar-refractivity contribution in [3.05, 3.63) is 35.4 Å². The second-order valence-electron chi connectivity index (χ2n) is 7.80. The van der Waals surface area contributed by atoms with Crippen molar-refractivity contribution in [2.45, 2.75) is 52.5 Å². The molecule has 0 amide bonds. The molecule has 0 radical (unpaired) electrons. The molecule has 1 saturated heterocycles. The van der Waals surface area contributed by atoms with Crippen LogP contribution in [0.15, 0.2) is 24.3 Å². The highest BCUT2D eigenvalue weighted by atomic mass is 35.5. The highest BCUT2D eigenvalue weighted by Gasteiger charge is 2.23. The molecule has 0 aliphatic carbocycles. The predicted molar refractivity (Wildman–Crippen MR) is 106 cm³/mol. The molecule has 1 N–H and O–H groups in total. The highest BCUT2D eigenvalue weighted by Crippen LogP contribution is 2.30. The third-order valence-corrected chi connectivity index (χ3v) is 4.45. The van der Waals surface area contributed by atoms with Gasteiger partial charge in [0.2, 0.25) is 0 Å². The van der Waals surface area contributed by atoms with E-state index in [1.807, 2.05) is 0 Å². The van der Waals surface area contributed by atoms with Crippen molar-refractivity contribution in [3.8, 4) is 0 Å². The number of nitrogens with zero attached hydrogens (tertiary/aromatic N) is 1. The van der Waals surface area contributed by atoms with E-state index in [1.54, 1.807) is 0 Å². The van der Waals surface area contributed by atoms with Crippen LogP contribution in [-0.4, -0.2) is 31.1 Å². The molecule has 1 aromatic rings. The van der Waals surface area contributed by atoms with Gasteiger partial charge in [0.1, 0.15) is 0 Å². The van der Waals surface area contributed by atoms with Crippen LogP contribution in [0.4, 0.5) is 0 Å². The Labute approximate surface area is 155 Å². The Balaban J connectivity index is 0.00000242. The van der Waals surface area contributed by atoms with Gasteiger partial charge in [-0.05, 0) is 28.9 Å². The van der Waals surface area contributed by atoms with Crippen molar-refractivity contribution >= 4 is 24.8 Å². The largest absolute Gasteiger partial charge is 0.314 e. The lowest BCUT2D eigenvalue weighted by molar-refractivity contribution is 0.154.